The van der Waals surface area contributed by atoms with E-state index in [1.807, 2.05) is 24.3 Å². The maximum absolute atomic E-state index is 9.28. The van der Waals surface area contributed by atoms with Crippen molar-refractivity contribution in [2.24, 2.45) is 5.73 Å². The Morgan fingerprint density at radius 2 is 1.83 bits per heavy atom. The van der Waals surface area contributed by atoms with Crippen LogP contribution >= 0.6 is 15.9 Å². The van der Waals surface area contributed by atoms with E-state index in [2.05, 4.69) is 27.0 Å². The van der Waals surface area contributed by atoms with Crippen molar-refractivity contribution in [3.8, 4) is 6.07 Å². The Kier molecular flexibility index (Phi) is 3.75. The van der Waals surface area contributed by atoms with E-state index in [4.69, 9.17) is 5.73 Å². The fraction of sp³-hybridized carbons (Fsp3) is 0. The molecule has 0 spiro atoms. The summed E-state index contributed by atoms with van der Waals surface area (Å²) < 4.78 is 0.865. The number of nitrogens with two attached hydrogens (primary N) is 1. The molecule has 0 atom stereocenters. The molecular weight excluding hydrogens is 290 g/mol. The Hall–Kier alpha value is -2.12. The van der Waals surface area contributed by atoms with Gasteiger partial charge in [0, 0.05) is 22.4 Å². The van der Waals surface area contributed by atoms with Gasteiger partial charge in [-0.1, -0.05) is 34.1 Å². The van der Waals surface area contributed by atoms with Crippen LogP contribution in [-0.4, -0.2) is 4.98 Å². The van der Waals surface area contributed by atoms with Crippen LogP contribution in [0, 0.1) is 11.3 Å². The van der Waals surface area contributed by atoms with Gasteiger partial charge in [0.15, 0.2) is 0 Å². The van der Waals surface area contributed by atoms with E-state index in [-0.39, 0.29) is 0 Å². The molecule has 88 valence electrons. The Morgan fingerprint density at radius 3 is 2.44 bits per heavy atom. The molecule has 0 bridgehead atoms. The molecule has 0 saturated carbocycles. The lowest BCUT2D eigenvalue weighted by molar-refractivity contribution is 1.31. The van der Waals surface area contributed by atoms with Gasteiger partial charge in [-0.2, -0.15) is 5.26 Å². The first-order chi connectivity index (χ1) is 8.74. The highest BCUT2D eigenvalue weighted by molar-refractivity contribution is 9.10. The minimum Gasteiger partial charge on any atom is -0.397 e. The van der Waals surface area contributed by atoms with Crippen molar-refractivity contribution < 1.29 is 0 Å². The molecule has 18 heavy (non-hydrogen) atoms. The van der Waals surface area contributed by atoms with Crippen LogP contribution in [-0.2, 0) is 0 Å². The van der Waals surface area contributed by atoms with Gasteiger partial charge in [-0.3, -0.25) is 4.98 Å². The fourth-order valence-corrected chi connectivity index (χ4v) is 2.11. The molecule has 0 fully saturated rings. The van der Waals surface area contributed by atoms with E-state index in [1.165, 1.54) is 0 Å². The molecule has 0 aliphatic carbocycles. The highest BCUT2D eigenvalue weighted by Crippen LogP contribution is 2.26. The van der Waals surface area contributed by atoms with Crippen molar-refractivity contribution in [2.75, 3.05) is 0 Å². The summed E-state index contributed by atoms with van der Waals surface area (Å²) in [7, 11) is 0. The summed E-state index contributed by atoms with van der Waals surface area (Å²) in [5.41, 5.74) is 8.57. The number of hydrogen-bond acceptors (Lipinski definition) is 3. The molecule has 0 radical (unpaired) electrons. The molecule has 2 rings (SSSR count). The minimum atomic E-state index is 0.448. The zero-order valence-electron chi connectivity index (χ0n) is 9.47. The summed E-state index contributed by atoms with van der Waals surface area (Å²) >= 11 is 3.43. The first kappa shape index (κ1) is 12.3. The first-order valence-electron chi connectivity index (χ1n) is 5.29. The highest BCUT2D eigenvalue weighted by atomic mass is 79.9. The van der Waals surface area contributed by atoms with Crippen LogP contribution in [0.4, 0.5) is 0 Å². The normalized spacial score (nSPS) is 11.6. The van der Waals surface area contributed by atoms with Gasteiger partial charge in [-0.05, 0) is 23.8 Å². The van der Waals surface area contributed by atoms with Gasteiger partial charge in [0.1, 0.15) is 6.07 Å². The fourth-order valence-electron chi connectivity index (χ4n) is 1.61. The number of rotatable bonds is 2. The van der Waals surface area contributed by atoms with Crippen molar-refractivity contribution in [2.45, 2.75) is 0 Å². The third-order valence-electron chi connectivity index (χ3n) is 2.51. The lowest BCUT2D eigenvalue weighted by atomic mass is 10.0. The van der Waals surface area contributed by atoms with Crippen molar-refractivity contribution in [3.63, 3.8) is 0 Å². The molecule has 0 amide bonds. The van der Waals surface area contributed by atoms with Gasteiger partial charge >= 0.3 is 0 Å². The van der Waals surface area contributed by atoms with Crippen LogP contribution in [0.25, 0.3) is 11.3 Å². The number of nitrogens with zero attached hydrogens (tertiary/aromatic N) is 2. The topological polar surface area (TPSA) is 62.7 Å². The van der Waals surface area contributed by atoms with Crippen LogP contribution in [0.1, 0.15) is 11.1 Å². The third-order valence-corrected chi connectivity index (χ3v) is 3.21. The van der Waals surface area contributed by atoms with Crippen molar-refractivity contribution in [3.05, 3.63) is 64.4 Å². The molecule has 1 aromatic carbocycles. The maximum atomic E-state index is 9.28. The van der Waals surface area contributed by atoms with Crippen molar-refractivity contribution in [1.29, 1.82) is 5.26 Å². The third kappa shape index (κ3) is 2.41. The average Bonchev–Trinajstić information content (AvgIpc) is 2.41. The summed E-state index contributed by atoms with van der Waals surface area (Å²) in [4.78, 5) is 3.93. The molecule has 4 heteroatoms. The quantitative estimate of drug-likeness (QED) is 0.866. The van der Waals surface area contributed by atoms with Crippen LogP contribution in [0.15, 0.2) is 53.3 Å². The van der Waals surface area contributed by atoms with E-state index in [1.54, 1.807) is 24.5 Å². The van der Waals surface area contributed by atoms with Gasteiger partial charge in [-0.25, -0.2) is 0 Å². The second kappa shape index (κ2) is 5.48. The summed E-state index contributed by atoms with van der Waals surface area (Å²) in [6, 6.07) is 13.2. The van der Waals surface area contributed by atoms with Gasteiger partial charge in [-0.15, -0.1) is 0 Å². The predicted octanol–water partition coefficient (Wildman–Crippen LogP) is 3.19. The van der Waals surface area contributed by atoms with Crippen LogP contribution in [0.3, 0.4) is 0 Å². The lowest BCUT2D eigenvalue weighted by Crippen LogP contribution is -2.01. The van der Waals surface area contributed by atoms with Gasteiger partial charge < -0.3 is 5.73 Å². The van der Waals surface area contributed by atoms with Crippen LogP contribution in [0.5, 0.6) is 0 Å². The predicted molar refractivity (Wildman–Crippen MR) is 75.0 cm³/mol. The largest absolute Gasteiger partial charge is 0.397 e. The second-order valence-electron chi connectivity index (χ2n) is 3.62. The van der Waals surface area contributed by atoms with Crippen LogP contribution in [0.2, 0.25) is 0 Å². The zero-order chi connectivity index (χ0) is 13.0. The standard InChI is InChI=1S/C14H10BrN3/c15-13-4-2-1-3-11(13)14(17)12(9-16)10-5-7-18-8-6-10/h1-8H,17H2/b14-12-. The zero-order valence-corrected chi connectivity index (χ0v) is 11.1. The number of pyridine rings is 1. The molecule has 3 nitrogen and oxygen atoms in total. The maximum Gasteiger partial charge on any atom is 0.102 e. The molecule has 2 N–H and O–H groups in total. The minimum absolute atomic E-state index is 0.448. The summed E-state index contributed by atoms with van der Waals surface area (Å²) in [6.45, 7) is 0. The second-order valence-corrected chi connectivity index (χ2v) is 4.47. The Balaban J connectivity index is 2.59. The van der Waals surface area contributed by atoms with Crippen molar-refractivity contribution in [1.82, 2.24) is 4.98 Å². The monoisotopic (exact) mass is 299 g/mol. The SMILES string of the molecule is N#C/C(=C(/N)c1ccccc1Br)c1ccncc1. The Labute approximate surface area is 114 Å². The molecule has 0 saturated heterocycles. The Bertz CT molecular complexity index is 627. The van der Waals surface area contributed by atoms with Crippen LogP contribution < -0.4 is 5.73 Å². The van der Waals surface area contributed by atoms with Crippen molar-refractivity contribution >= 4 is 27.2 Å². The van der Waals surface area contributed by atoms with Gasteiger partial charge in [0.2, 0.25) is 0 Å². The van der Waals surface area contributed by atoms with E-state index in [0.29, 0.717) is 11.3 Å². The van der Waals surface area contributed by atoms with Gasteiger partial charge in [0.25, 0.3) is 0 Å². The summed E-state index contributed by atoms with van der Waals surface area (Å²) in [5.74, 6) is 0. The molecule has 0 aliphatic rings. The molecular formula is C14H10BrN3. The number of benzene rings is 1. The molecule has 0 unspecified atom stereocenters. The first-order valence-corrected chi connectivity index (χ1v) is 6.08. The van der Waals surface area contributed by atoms with E-state index in [0.717, 1.165) is 15.6 Å². The van der Waals surface area contributed by atoms with E-state index < -0.39 is 0 Å². The Morgan fingerprint density at radius 1 is 1.17 bits per heavy atom. The summed E-state index contributed by atoms with van der Waals surface area (Å²) in [6.07, 6.45) is 3.28. The lowest BCUT2D eigenvalue weighted by Gasteiger charge is -2.07. The van der Waals surface area contributed by atoms with E-state index >= 15 is 0 Å². The van der Waals surface area contributed by atoms with E-state index in [9.17, 15) is 5.26 Å². The molecule has 2 aromatic rings. The summed E-state index contributed by atoms with van der Waals surface area (Å²) in [5, 5.41) is 9.28. The molecule has 0 aliphatic heterocycles. The number of allylic oxidation sites excluding steroid dienone is 1. The highest BCUT2D eigenvalue weighted by Gasteiger charge is 2.10. The van der Waals surface area contributed by atoms with Gasteiger partial charge in [0.05, 0.1) is 11.3 Å². The molecule has 1 aromatic heterocycles. The average molecular weight is 300 g/mol. The number of halogens is 1. The smallest absolute Gasteiger partial charge is 0.102 e. The number of hydrogen-bond donors (Lipinski definition) is 1. The molecule has 1 heterocycles. The number of nitriles is 1. The number of aromatic nitrogens is 1.